The Morgan fingerprint density at radius 2 is 0.682 bits per heavy atom. The van der Waals surface area contributed by atoms with E-state index in [2.05, 4.69) is 12.2 Å². The Labute approximate surface area is 139 Å². The van der Waals surface area contributed by atoms with Crippen LogP contribution in [0.4, 0.5) is 0 Å². The van der Waals surface area contributed by atoms with E-state index in [4.69, 9.17) is 0 Å². The van der Waals surface area contributed by atoms with Crippen molar-refractivity contribution in [3.05, 3.63) is 23.3 Å². The van der Waals surface area contributed by atoms with E-state index in [0.29, 0.717) is 0 Å². The molecule has 22 heavy (non-hydrogen) atoms. The van der Waals surface area contributed by atoms with Gasteiger partial charge in [0.15, 0.2) is 0 Å². The van der Waals surface area contributed by atoms with Gasteiger partial charge in [-0.2, -0.15) is 0 Å². The van der Waals surface area contributed by atoms with Gasteiger partial charge >= 0.3 is 0 Å². The molecule has 0 saturated carbocycles. The molecule has 0 saturated heterocycles. The molecule has 0 aromatic rings. The molecule has 126 valence electrons. The van der Waals surface area contributed by atoms with Gasteiger partial charge in [0.05, 0.1) is 0 Å². The van der Waals surface area contributed by atoms with Gasteiger partial charge in [-0.15, -0.1) is 0 Å². The Morgan fingerprint density at radius 1 is 0.364 bits per heavy atom. The van der Waals surface area contributed by atoms with Crippen LogP contribution in [-0.4, -0.2) is 0 Å². The fourth-order valence-corrected chi connectivity index (χ4v) is 4.03. The predicted molar refractivity (Wildman–Crippen MR) is 99.3 cm³/mol. The molecule has 0 atom stereocenters. The van der Waals surface area contributed by atoms with E-state index in [9.17, 15) is 0 Å². The molecule has 0 amide bonds. The molecule has 0 aliphatic heterocycles. The second-order valence-corrected chi connectivity index (χ2v) is 7.49. The highest BCUT2D eigenvalue weighted by Gasteiger charge is 2.07. The van der Waals surface area contributed by atoms with Crippen LogP contribution in [0.15, 0.2) is 23.3 Å². The molecule has 0 aromatic heterocycles. The molecule has 0 spiro atoms. The van der Waals surface area contributed by atoms with E-state index in [1.54, 1.807) is 11.1 Å². The lowest BCUT2D eigenvalue weighted by molar-refractivity contribution is 0.584. The highest BCUT2D eigenvalue weighted by atomic mass is 14.1. The summed E-state index contributed by atoms with van der Waals surface area (Å²) in [4.78, 5) is 0. The van der Waals surface area contributed by atoms with E-state index < -0.39 is 0 Å². The first kappa shape index (κ1) is 17.8. The average Bonchev–Trinajstić information content (AvgIpc) is 2.64. The summed E-state index contributed by atoms with van der Waals surface area (Å²) in [5.41, 5.74) is 3.47. The van der Waals surface area contributed by atoms with Crippen LogP contribution in [-0.2, 0) is 0 Å². The molecular formula is C22H38. The average molecular weight is 303 g/mol. The van der Waals surface area contributed by atoms with Crippen molar-refractivity contribution in [1.82, 2.24) is 0 Å². The normalized spacial score (nSPS) is 29.1. The van der Waals surface area contributed by atoms with Crippen molar-refractivity contribution in [2.24, 2.45) is 0 Å². The largest absolute Gasteiger partial charge is 0.0811 e. The Kier molecular flexibility index (Phi) is 9.70. The second-order valence-electron chi connectivity index (χ2n) is 7.49. The van der Waals surface area contributed by atoms with Crippen LogP contribution in [0.1, 0.15) is 116 Å². The van der Waals surface area contributed by atoms with E-state index >= 15 is 0 Å². The Bertz CT molecular complexity index is 300. The third kappa shape index (κ3) is 7.65. The van der Waals surface area contributed by atoms with Gasteiger partial charge < -0.3 is 0 Å². The van der Waals surface area contributed by atoms with E-state index in [1.807, 2.05) is 0 Å². The summed E-state index contributed by atoms with van der Waals surface area (Å²) in [6.45, 7) is 0. The van der Waals surface area contributed by atoms with Crippen molar-refractivity contribution in [1.29, 1.82) is 0 Å². The van der Waals surface area contributed by atoms with Gasteiger partial charge in [0, 0.05) is 0 Å². The lowest BCUT2D eigenvalue weighted by atomic mass is 9.93. The summed E-state index contributed by atoms with van der Waals surface area (Å²) in [7, 11) is 0. The SMILES string of the molecule is C1=C(\C2=C\CCCCCCCCC2)CCCCCCCCC/1. The fourth-order valence-electron chi connectivity index (χ4n) is 4.03. The first-order valence-corrected chi connectivity index (χ1v) is 10.4. The maximum atomic E-state index is 2.62. The van der Waals surface area contributed by atoms with Gasteiger partial charge in [0.25, 0.3) is 0 Å². The molecule has 0 unspecified atom stereocenters. The molecule has 0 fully saturated rings. The Hall–Kier alpha value is -0.520. The van der Waals surface area contributed by atoms with Gasteiger partial charge in [0.1, 0.15) is 0 Å². The van der Waals surface area contributed by atoms with Crippen LogP contribution in [0.3, 0.4) is 0 Å². The van der Waals surface area contributed by atoms with Gasteiger partial charge in [-0.3, -0.25) is 0 Å². The van der Waals surface area contributed by atoms with E-state index in [1.165, 1.54) is 116 Å². The molecule has 0 N–H and O–H groups in total. The minimum Gasteiger partial charge on any atom is -0.0811 e. The number of hydrogen-bond acceptors (Lipinski definition) is 0. The van der Waals surface area contributed by atoms with Crippen molar-refractivity contribution in [3.8, 4) is 0 Å². The molecule has 0 radical (unpaired) electrons. The van der Waals surface area contributed by atoms with E-state index in [0.717, 1.165) is 0 Å². The van der Waals surface area contributed by atoms with Crippen LogP contribution in [0, 0.1) is 0 Å². The number of hydrogen-bond donors (Lipinski definition) is 0. The smallest absolute Gasteiger partial charge is 0.0279 e. The van der Waals surface area contributed by atoms with Gasteiger partial charge in [-0.1, -0.05) is 76.4 Å². The summed E-state index contributed by atoms with van der Waals surface area (Å²) in [6.07, 6.45) is 30.9. The number of rotatable bonds is 1. The summed E-state index contributed by atoms with van der Waals surface area (Å²) in [5.74, 6) is 0. The molecule has 2 aliphatic carbocycles. The summed E-state index contributed by atoms with van der Waals surface area (Å²) >= 11 is 0. The van der Waals surface area contributed by atoms with Gasteiger partial charge in [-0.25, -0.2) is 0 Å². The lowest BCUT2D eigenvalue weighted by Gasteiger charge is -2.13. The maximum Gasteiger partial charge on any atom is -0.0279 e. The zero-order valence-electron chi connectivity index (χ0n) is 14.9. The van der Waals surface area contributed by atoms with Crippen molar-refractivity contribution in [2.45, 2.75) is 116 Å². The predicted octanol–water partition coefficient (Wildman–Crippen LogP) is 7.89. The minimum absolute atomic E-state index is 1.33. The second kappa shape index (κ2) is 12.0. The summed E-state index contributed by atoms with van der Waals surface area (Å²) < 4.78 is 0. The zero-order chi connectivity index (χ0) is 15.3. The molecule has 0 aromatic carbocycles. The van der Waals surface area contributed by atoms with Crippen molar-refractivity contribution >= 4 is 0 Å². The topological polar surface area (TPSA) is 0 Å². The standard InChI is InChI=1S/C22H38/c1-2-6-10-14-18-21(17-13-9-5-1)22-19-15-11-7-3-4-8-12-16-20-22/h17,19H,1-16,18,20H2/b21-17-,22-19+. The molecule has 0 nitrogen and oxygen atoms in total. The van der Waals surface area contributed by atoms with Crippen LogP contribution in [0.2, 0.25) is 0 Å². The molecule has 0 heterocycles. The van der Waals surface area contributed by atoms with Crippen LogP contribution >= 0.6 is 0 Å². The highest BCUT2D eigenvalue weighted by Crippen LogP contribution is 2.27. The van der Waals surface area contributed by atoms with Gasteiger partial charge in [-0.05, 0) is 62.5 Å². The zero-order valence-corrected chi connectivity index (χ0v) is 14.9. The maximum absolute atomic E-state index is 2.62. The third-order valence-electron chi connectivity index (χ3n) is 5.49. The van der Waals surface area contributed by atoms with Crippen LogP contribution in [0.25, 0.3) is 0 Å². The number of allylic oxidation sites excluding steroid dienone is 4. The summed E-state index contributed by atoms with van der Waals surface area (Å²) in [6, 6.07) is 0. The van der Waals surface area contributed by atoms with Crippen LogP contribution in [0.5, 0.6) is 0 Å². The first-order chi connectivity index (χ1) is 11.0. The minimum atomic E-state index is 1.33. The van der Waals surface area contributed by atoms with Crippen molar-refractivity contribution in [2.75, 3.05) is 0 Å². The Morgan fingerprint density at radius 3 is 1.09 bits per heavy atom. The fraction of sp³-hybridized carbons (Fsp3) is 0.818. The van der Waals surface area contributed by atoms with Crippen molar-refractivity contribution in [3.63, 3.8) is 0 Å². The Balaban J connectivity index is 1.97. The summed E-state index contributed by atoms with van der Waals surface area (Å²) in [5, 5.41) is 0. The van der Waals surface area contributed by atoms with Gasteiger partial charge in [0.2, 0.25) is 0 Å². The van der Waals surface area contributed by atoms with E-state index in [-0.39, 0.29) is 0 Å². The molecule has 0 bridgehead atoms. The lowest BCUT2D eigenvalue weighted by Crippen LogP contribution is -1.93. The molecule has 2 aliphatic rings. The molecular weight excluding hydrogens is 264 g/mol. The quantitative estimate of drug-likeness (QED) is 0.462. The molecule has 0 heteroatoms. The van der Waals surface area contributed by atoms with Crippen LogP contribution < -0.4 is 0 Å². The third-order valence-corrected chi connectivity index (χ3v) is 5.49. The first-order valence-electron chi connectivity index (χ1n) is 10.4. The molecule has 2 rings (SSSR count). The van der Waals surface area contributed by atoms with Crippen molar-refractivity contribution < 1.29 is 0 Å². The highest BCUT2D eigenvalue weighted by molar-refractivity contribution is 5.31. The monoisotopic (exact) mass is 302 g/mol.